The molecule has 0 bridgehead atoms. The zero-order valence-corrected chi connectivity index (χ0v) is 27.1. The van der Waals surface area contributed by atoms with Crippen LogP contribution in [0.3, 0.4) is 0 Å². The summed E-state index contributed by atoms with van der Waals surface area (Å²) < 4.78 is 15.8. The van der Waals surface area contributed by atoms with Gasteiger partial charge >= 0.3 is 0 Å². The van der Waals surface area contributed by atoms with Crippen molar-refractivity contribution in [2.75, 3.05) is 0 Å². The molecule has 0 N–H and O–H groups in total. The van der Waals surface area contributed by atoms with E-state index in [1.165, 1.54) is 10.8 Å². The second-order valence-corrected chi connectivity index (χ2v) is 12.8. The Morgan fingerprint density at radius 3 is 1.45 bits per heavy atom. The van der Waals surface area contributed by atoms with Crippen LogP contribution in [0.4, 0.5) is 0 Å². The van der Waals surface area contributed by atoms with Crippen LogP contribution in [-0.4, -0.2) is 19.5 Å². The van der Waals surface area contributed by atoms with Gasteiger partial charge in [-0.2, -0.15) is 0 Å². The Bertz CT molecular complexity index is 3030. The first-order valence-corrected chi connectivity index (χ1v) is 16.9. The maximum atomic E-state index is 6.78. The number of para-hydroxylation sites is 4. The van der Waals surface area contributed by atoms with Gasteiger partial charge in [-0.25, -0.2) is 15.0 Å². The van der Waals surface area contributed by atoms with Crippen molar-refractivity contribution >= 4 is 65.7 Å². The number of fused-ring (bicyclic) bond motifs is 9. The third kappa shape index (κ3) is 4.20. The molecule has 11 aromatic rings. The van der Waals surface area contributed by atoms with Gasteiger partial charge < -0.3 is 13.4 Å². The summed E-state index contributed by atoms with van der Waals surface area (Å²) in [5.41, 5.74) is 9.06. The third-order valence-corrected chi connectivity index (χ3v) is 9.86. The number of nitrogens with zero attached hydrogens (tertiary/aromatic N) is 4. The van der Waals surface area contributed by atoms with Crippen LogP contribution in [0.15, 0.2) is 167 Å². The predicted molar refractivity (Wildman–Crippen MR) is 205 cm³/mol. The monoisotopic (exact) mass is 654 g/mol. The van der Waals surface area contributed by atoms with E-state index in [4.69, 9.17) is 23.8 Å². The summed E-state index contributed by atoms with van der Waals surface area (Å²) in [7, 11) is 0. The SMILES string of the molecule is c1ccc(-c2nc(-c3ccccc3)nc(-c3cccc4c3oc3cc5c(cc34)oc3c(-n4c6ccccc6c6ccccc64)cccc35)n2)cc1. The maximum Gasteiger partial charge on any atom is 0.167 e. The van der Waals surface area contributed by atoms with Crippen molar-refractivity contribution in [3.63, 3.8) is 0 Å². The zero-order valence-electron chi connectivity index (χ0n) is 27.1. The Morgan fingerprint density at radius 2 is 0.843 bits per heavy atom. The van der Waals surface area contributed by atoms with Crippen LogP contribution < -0.4 is 0 Å². The van der Waals surface area contributed by atoms with Crippen LogP contribution in [0.25, 0.3) is 106 Å². The Labute approximate surface area is 290 Å². The number of rotatable bonds is 4. The van der Waals surface area contributed by atoms with Gasteiger partial charge in [-0.1, -0.05) is 121 Å². The first kappa shape index (κ1) is 27.9. The fraction of sp³-hybridized carbons (Fsp3) is 0. The molecule has 0 saturated heterocycles. The van der Waals surface area contributed by atoms with E-state index >= 15 is 0 Å². The van der Waals surface area contributed by atoms with Crippen molar-refractivity contribution in [2.24, 2.45) is 0 Å². The molecule has 0 fully saturated rings. The predicted octanol–water partition coefficient (Wildman–Crippen LogP) is 11.8. The van der Waals surface area contributed by atoms with Crippen LogP contribution in [0.2, 0.25) is 0 Å². The van der Waals surface area contributed by atoms with Crippen molar-refractivity contribution < 1.29 is 8.83 Å². The van der Waals surface area contributed by atoms with Gasteiger partial charge in [-0.15, -0.1) is 0 Å². The Balaban J connectivity index is 1.12. The molecule has 0 aliphatic rings. The van der Waals surface area contributed by atoms with E-state index in [1.807, 2.05) is 72.8 Å². The summed E-state index contributed by atoms with van der Waals surface area (Å²) in [6.07, 6.45) is 0. The van der Waals surface area contributed by atoms with Gasteiger partial charge in [-0.05, 0) is 36.4 Å². The summed E-state index contributed by atoms with van der Waals surface area (Å²) in [6, 6.07) is 53.8. The van der Waals surface area contributed by atoms with E-state index in [0.717, 1.165) is 77.3 Å². The molecular formula is C45H26N4O2. The molecule has 238 valence electrons. The van der Waals surface area contributed by atoms with E-state index in [-0.39, 0.29) is 0 Å². The highest BCUT2D eigenvalue weighted by Gasteiger charge is 2.21. The highest BCUT2D eigenvalue weighted by molar-refractivity contribution is 6.18. The second kappa shape index (κ2) is 10.7. The van der Waals surface area contributed by atoms with Gasteiger partial charge in [0, 0.05) is 43.4 Å². The largest absolute Gasteiger partial charge is 0.455 e. The van der Waals surface area contributed by atoms with Gasteiger partial charge in [0.15, 0.2) is 23.1 Å². The van der Waals surface area contributed by atoms with Crippen molar-refractivity contribution in [3.8, 4) is 39.9 Å². The highest BCUT2D eigenvalue weighted by atomic mass is 16.3. The van der Waals surface area contributed by atoms with E-state index in [1.54, 1.807) is 0 Å². The molecule has 0 aliphatic carbocycles. The van der Waals surface area contributed by atoms with Crippen LogP contribution in [0.1, 0.15) is 0 Å². The first-order chi connectivity index (χ1) is 25.3. The van der Waals surface area contributed by atoms with Gasteiger partial charge in [0.05, 0.1) is 22.3 Å². The van der Waals surface area contributed by atoms with Crippen LogP contribution >= 0.6 is 0 Å². The summed E-state index contributed by atoms with van der Waals surface area (Å²) in [5, 5.41) is 6.40. The van der Waals surface area contributed by atoms with Crippen molar-refractivity contribution in [1.29, 1.82) is 0 Å². The molecule has 6 heteroatoms. The number of hydrogen-bond donors (Lipinski definition) is 0. The minimum Gasteiger partial charge on any atom is -0.455 e. The van der Waals surface area contributed by atoms with E-state index in [0.29, 0.717) is 17.5 Å². The first-order valence-electron chi connectivity index (χ1n) is 16.9. The van der Waals surface area contributed by atoms with E-state index in [2.05, 4.69) is 89.5 Å². The Hall–Kier alpha value is -7.05. The van der Waals surface area contributed by atoms with Crippen LogP contribution in [0, 0.1) is 0 Å². The Morgan fingerprint density at radius 1 is 0.373 bits per heavy atom. The number of aromatic nitrogens is 4. The number of furan rings is 2. The van der Waals surface area contributed by atoms with Gasteiger partial charge in [0.2, 0.25) is 0 Å². The summed E-state index contributed by atoms with van der Waals surface area (Å²) in [5.74, 6) is 1.77. The quantitative estimate of drug-likeness (QED) is 0.189. The lowest BCUT2D eigenvalue weighted by Gasteiger charge is -2.08. The number of benzene rings is 7. The molecule has 0 atom stereocenters. The molecule has 0 aliphatic heterocycles. The zero-order chi connectivity index (χ0) is 33.5. The molecule has 0 amide bonds. The lowest BCUT2D eigenvalue weighted by Crippen LogP contribution is -2.00. The topological polar surface area (TPSA) is 69.9 Å². The smallest absolute Gasteiger partial charge is 0.167 e. The van der Waals surface area contributed by atoms with Crippen molar-refractivity contribution in [3.05, 3.63) is 158 Å². The van der Waals surface area contributed by atoms with Crippen LogP contribution in [0.5, 0.6) is 0 Å². The van der Waals surface area contributed by atoms with E-state index < -0.39 is 0 Å². The van der Waals surface area contributed by atoms with Crippen molar-refractivity contribution in [1.82, 2.24) is 19.5 Å². The fourth-order valence-corrected chi connectivity index (χ4v) is 7.54. The molecule has 7 aromatic carbocycles. The minimum absolute atomic E-state index is 0.553. The van der Waals surface area contributed by atoms with Crippen molar-refractivity contribution in [2.45, 2.75) is 0 Å². The fourth-order valence-electron chi connectivity index (χ4n) is 7.54. The maximum absolute atomic E-state index is 6.78. The van der Waals surface area contributed by atoms with Crippen LogP contribution in [-0.2, 0) is 0 Å². The second-order valence-electron chi connectivity index (χ2n) is 12.8. The highest BCUT2D eigenvalue weighted by Crippen LogP contribution is 2.42. The van der Waals surface area contributed by atoms with Gasteiger partial charge in [0.25, 0.3) is 0 Å². The lowest BCUT2D eigenvalue weighted by molar-refractivity contribution is 0.663. The normalized spacial score (nSPS) is 11.9. The molecule has 0 saturated carbocycles. The molecule has 11 rings (SSSR count). The molecule has 0 spiro atoms. The summed E-state index contributed by atoms with van der Waals surface area (Å²) in [4.78, 5) is 14.8. The number of hydrogen-bond acceptors (Lipinski definition) is 5. The van der Waals surface area contributed by atoms with Gasteiger partial charge in [0.1, 0.15) is 16.7 Å². The minimum atomic E-state index is 0.553. The Kier molecular flexibility index (Phi) is 5.86. The lowest BCUT2D eigenvalue weighted by atomic mass is 10.1. The summed E-state index contributed by atoms with van der Waals surface area (Å²) in [6.45, 7) is 0. The van der Waals surface area contributed by atoms with Gasteiger partial charge in [-0.3, -0.25) is 0 Å². The third-order valence-electron chi connectivity index (χ3n) is 9.86. The molecule has 51 heavy (non-hydrogen) atoms. The molecular weight excluding hydrogens is 629 g/mol. The standard InChI is InChI=1S/C45H26N4O2/c1-3-13-27(14-4-1)43-46-44(28-15-5-2-6-16-28)48-45(47-43)33-21-11-19-31-34-25-40-35(26-39(34)50-41(31)33)32-20-12-24-38(42(32)51-40)49-36-22-9-7-17-29(36)30-18-8-10-23-37(30)49/h1-26H. The van der Waals surface area contributed by atoms with E-state index in [9.17, 15) is 0 Å². The average Bonchev–Trinajstić information content (AvgIpc) is 3.86. The summed E-state index contributed by atoms with van der Waals surface area (Å²) >= 11 is 0. The average molecular weight is 655 g/mol. The molecule has 4 aromatic heterocycles. The molecule has 0 unspecified atom stereocenters. The molecule has 0 radical (unpaired) electrons. The molecule has 6 nitrogen and oxygen atoms in total. The molecule has 4 heterocycles.